The van der Waals surface area contributed by atoms with E-state index in [0.717, 1.165) is 48.5 Å². The minimum Gasteiger partial charge on any atom is -0.214 e. The molecule has 0 nitrogen and oxygen atoms in total. The average Bonchev–Trinajstić information content (AvgIpc) is 3.70. The molecule has 50 heavy (non-hydrogen) atoms. The maximum Gasteiger partial charge on any atom is -0.172 e. The van der Waals surface area contributed by atoms with E-state index in [1.54, 1.807) is 0 Å². The van der Waals surface area contributed by atoms with Crippen molar-refractivity contribution in [2.75, 3.05) is 0 Å². The Labute approximate surface area is 306 Å². The largest absolute Gasteiger partial charge is 0.214 e. The molecule has 0 bridgehead atoms. The van der Waals surface area contributed by atoms with Crippen LogP contribution in [0.3, 0.4) is 0 Å². The van der Waals surface area contributed by atoms with E-state index in [9.17, 15) is 26.3 Å². The second-order valence-electron chi connectivity index (χ2n) is 14.6. The van der Waals surface area contributed by atoms with Gasteiger partial charge in [-0.1, -0.05) is 75.9 Å². The van der Waals surface area contributed by atoms with E-state index in [4.69, 9.17) is 0 Å². The molecule has 6 aromatic rings. The average molecular weight is 764 g/mol. The molecule has 0 unspecified atom stereocenters. The van der Waals surface area contributed by atoms with Gasteiger partial charge in [0.25, 0.3) is 0 Å². The fourth-order valence-electron chi connectivity index (χ4n) is 6.09. The Bertz CT molecular complexity index is 1890. The van der Waals surface area contributed by atoms with Crippen molar-refractivity contribution >= 4 is 24.8 Å². The van der Waals surface area contributed by atoms with Gasteiger partial charge in [0, 0.05) is 0 Å². The number of benzene rings is 4. The van der Waals surface area contributed by atoms with Gasteiger partial charge >= 0.3 is 137 Å². The van der Waals surface area contributed by atoms with Crippen molar-refractivity contribution in [3.8, 4) is 0 Å². The van der Waals surface area contributed by atoms with Gasteiger partial charge in [0.1, 0.15) is 0 Å². The predicted octanol–water partition coefficient (Wildman–Crippen LogP) is 13.2. The molecule has 0 fully saturated rings. The molecular formula is C43H42F6Zr. The van der Waals surface area contributed by atoms with Crippen molar-refractivity contribution in [2.45, 2.75) is 78.6 Å². The van der Waals surface area contributed by atoms with Crippen LogP contribution < -0.4 is 0 Å². The van der Waals surface area contributed by atoms with E-state index >= 15 is 0 Å². The van der Waals surface area contributed by atoms with Crippen LogP contribution in [0.4, 0.5) is 26.3 Å². The molecule has 0 spiro atoms. The molecular weight excluding hydrogens is 722 g/mol. The molecule has 7 heteroatoms. The molecule has 260 valence electrons. The molecule has 0 radical (unpaired) electrons. The first kappa shape index (κ1) is 39.2. The summed E-state index contributed by atoms with van der Waals surface area (Å²) in [6.07, 6.45) is -8.82. The zero-order valence-electron chi connectivity index (χ0n) is 29.7. The minimum atomic E-state index is -4.41. The van der Waals surface area contributed by atoms with Crippen LogP contribution in [0, 0.1) is 13.8 Å². The normalized spacial score (nSPS) is 12.3. The van der Waals surface area contributed by atoms with Crippen molar-refractivity contribution in [2.24, 2.45) is 0 Å². The molecule has 0 aliphatic rings. The second kappa shape index (κ2) is 15.0. The molecule has 0 heterocycles. The Kier molecular flexibility index (Phi) is 11.7. The molecule has 0 atom stereocenters. The number of hydrogen-bond donors (Lipinski definition) is 0. The van der Waals surface area contributed by atoms with E-state index < -0.39 is 23.5 Å². The van der Waals surface area contributed by atoms with Crippen LogP contribution in [0.5, 0.6) is 0 Å². The summed E-state index contributed by atoms with van der Waals surface area (Å²) in [6, 6.07) is 31.1. The van der Waals surface area contributed by atoms with Gasteiger partial charge in [-0.05, 0) is 24.7 Å². The third-order valence-corrected chi connectivity index (χ3v) is 9.99. The number of aryl methyl sites for hydroxylation is 2. The standard InChI is InChI=1S/C23H29.C15H8F6.C5H5.Zr/c1-14-9-16-11-17-10-15(2)21(23(6,7)8)13-19(17)18(16)12-20(14)22(3,4)5;16-14(17,18)12-5-1-10(2-6-12)9-11-3-7-13(8-4-11)15(19,20)21;1-2-4-5-3-1;/h9-13H,1-8H3;1-8H;1-5H;/q-1;;-1;+2. The van der Waals surface area contributed by atoms with E-state index in [1.807, 2.05) is 30.3 Å². The van der Waals surface area contributed by atoms with Crippen LogP contribution in [0.1, 0.15) is 86.1 Å². The maximum atomic E-state index is 12.5. The van der Waals surface area contributed by atoms with Crippen molar-refractivity contribution in [1.29, 1.82) is 0 Å². The summed E-state index contributed by atoms with van der Waals surface area (Å²) in [5.41, 5.74) is 5.67. The number of fused-ring (bicyclic) bond motifs is 3. The van der Waals surface area contributed by atoms with Gasteiger partial charge in [0.15, 0.2) is 0 Å². The third-order valence-electron chi connectivity index (χ3n) is 8.57. The number of alkyl halides is 6. The smallest absolute Gasteiger partial charge is 0.172 e. The zero-order chi connectivity index (χ0) is 37.2. The van der Waals surface area contributed by atoms with Gasteiger partial charge in [0.05, 0.1) is 0 Å². The Morgan fingerprint density at radius 2 is 0.880 bits per heavy atom. The maximum absolute atomic E-state index is 12.5. The summed E-state index contributed by atoms with van der Waals surface area (Å²) < 4.78 is 75.6. The first-order valence-corrected chi connectivity index (χ1v) is 17.6. The molecule has 0 saturated carbocycles. The van der Waals surface area contributed by atoms with Crippen LogP contribution in [0.15, 0.2) is 109 Å². The molecule has 0 saturated heterocycles. The van der Waals surface area contributed by atoms with Gasteiger partial charge < -0.3 is 0 Å². The summed E-state index contributed by atoms with van der Waals surface area (Å²) in [4.78, 5) is 0. The SMILES string of the molecule is Cc1cc2[cH-]c3cc(C)c(C(C)(C)C)cc3c2cc1C(C)(C)C.FC(F)(F)c1ccc([C](=[Zr+2])c2ccc(C(F)(F)F)cc2)cc1.c1cc[cH-]c1. The summed E-state index contributed by atoms with van der Waals surface area (Å²) in [6.45, 7) is 18.3. The Morgan fingerprint density at radius 3 is 1.14 bits per heavy atom. The van der Waals surface area contributed by atoms with Crippen molar-refractivity contribution in [3.63, 3.8) is 0 Å². The van der Waals surface area contributed by atoms with Crippen molar-refractivity contribution in [3.05, 3.63) is 154 Å². The number of halogens is 6. The monoisotopic (exact) mass is 762 g/mol. The summed E-state index contributed by atoms with van der Waals surface area (Å²) >= 11 is 0.898. The molecule has 0 N–H and O–H groups in total. The fourth-order valence-corrected chi connectivity index (χ4v) is 6.91. The van der Waals surface area contributed by atoms with Crippen LogP contribution in [-0.2, 0) is 47.4 Å². The van der Waals surface area contributed by atoms with E-state index in [2.05, 4.69) is 85.7 Å². The molecule has 0 aliphatic carbocycles. The minimum absolute atomic E-state index is 0.180. The number of rotatable bonds is 2. The van der Waals surface area contributed by atoms with E-state index in [0.29, 0.717) is 14.3 Å². The van der Waals surface area contributed by atoms with Gasteiger partial charge in [-0.25, -0.2) is 12.1 Å². The Balaban J connectivity index is 0.000000197. The van der Waals surface area contributed by atoms with Crippen LogP contribution in [0.25, 0.3) is 21.5 Å². The topological polar surface area (TPSA) is 0 Å². The first-order chi connectivity index (χ1) is 23.1. The Hall–Kier alpha value is -3.57. The molecule has 0 aromatic heterocycles. The number of hydrogen-bond acceptors (Lipinski definition) is 0. The van der Waals surface area contributed by atoms with E-state index in [-0.39, 0.29) is 10.8 Å². The van der Waals surface area contributed by atoms with Crippen LogP contribution in [-0.4, -0.2) is 3.21 Å². The fraction of sp³-hybridized carbons (Fsp3) is 0.279. The molecule has 0 aliphatic heterocycles. The van der Waals surface area contributed by atoms with Crippen LogP contribution >= 0.6 is 0 Å². The summed E-state index contributed by atoms with van der Waals surface area (Å²) in [7, 11) is 0. The predicted molar refractivity (Wildman–Crippen MR) is 192 cm³/mol. The van der Waals surface area contributed by atoms with Crippen LogP contribution in [0.2, 0.25) is 0 Å². The second-order valence-corrected chi connectivity index (χ2v) is 15.9. The van der Waals surface area contributed by atoms with Gasteiger partial charge in [-0.3, -0.25) is 0 Å². The van der Waals surface area contributed by atoms with E-state index in [1.165, 1.54) is 68.1 Å². The molecule has 6 rings (SSSR count). The van der Waals surface area contributed by atoms with Gasteiger partial charge in [-0.2, -0.15) is 18.2 Å². The van der Waals surface area contributed by atoms with Gasteiger partial charge in [0.2, 0.25) is 0 Å². The van der Waals surface area contributed by atoms with Gasteiger partial charge in [-0.15, -0.1) is 39.7 Å². The van der Waals surface area contributed by atoms with Crippen molar-refractivity contribution in [1.82, 2.24) is 0 Å². The zero-order valence-corrected chi connectivity index (χ0v) is 32.1. The Morgan fingerprint density at radius 1 is 0.540 bits per heavy atom. The summed E-state index contributed by atoms with van der Waals surface area (Å²) in [5.74, 6) is 0. The summed E-state index contributed by atoms with van der Waals surface area (Å²) in [5, 5.41) is 5.55. The molecule has 0 amide bonds. The van der Waals surface area contributed by atoms with Crippen molar-refractivity contribution < 1.29 is 50.6 Å². The molecule has 6 aromatic carbocycles. The first-order valence-electron chi connectivity index (χ1n) is 16.3. The third kappa shape index (κ3) is 9.60. The quantitative estimate of drug-likeness (QED) is 0.122.